The van der Waals surface area contributed by atoms with Crippen molar-refractivity contribution in [3.05, 3.63) is 63.8 Å². The zero-order chi connectivity index (χ0) is 13.1. The van der Waals surface area contributed by atoms with Crippen LogP contribution in [0, 0.1) is 6.92 Å². The van der Waals surface area contributed by atoms with Crippen LogP contribution < -0.4 is 11.4 Å². The van der Waals surface area contributed by atoms with Gasteiger partial charge in [0.05, 0.1) is 6.54 Å². The first-order chi connectivity index (χ1) is 8.58. The van der Waals surface area contributed by atoms with Crippen LogP contribution in [0.25, 0.3) is 0 Å². The van der Waals surface area contributed by atoms with Gasteiger partial charge in [-0.1, -0.05) is 6.07 Å². The Hall–Kier alpha value is -2.43. The number of hydrogen-bond donors (Lipinski definition) is 1. The molecule has 5 heteroatoms. The molecule has 2 aromatic rings. The Morgan fingerprint density at radius 3 is 2.83 bits per heavy atom. The van der Waals surface area contributed by atoms with E-state index in [1.807, 2.05) is 6.92 Å². The summed E-state index contributed by atoms with van der Waals surface area (Å²) in [6, 6.07) is 6.88. The highest BCUT2D eigenvalue weighted by molar-refractivity contribution is 5.93. The highest BCUT2D eigenvalue weighted by Crippen LogP contribution is 2.11. The number of carbonyl (C=O) groups excluding carboxylic acids is 1. The summed E-state index contributed by atoms with van der Waals surface area (Å²) in [7, 11) is 0. The van der Waals surface area contributed by atoms with Crippen molar-refractivity contribution in [2.24, 2.45) is 5.73 Å². The van der Waals surface area contributed by atoms with Gasteiger partial charge in [-0.25, -0.2) is 9.78 Å². The Morgan fingerprint density at radius 1 is 1.44 bits per heavy atom. The van der Waals surface area contributed by atoms with Crippen molar-refractivity contribution < 1.29 is 4.79 Å². The normalized spacial score (nSPS) is 10.3. The van der Waals surface area contributed by atoms with Crippen LogP contribution in [0.2, 0.25) is 0 Å². The molecule has 0 spiro atoms. The molecule has 0 saturated heterocycles. The van der Waals surface area contributed by atoms with Crippen molar-refractivity contribution in [1.29, 1.82) is 0 Å². The largest absolute Gasteiger partial charge is 0.366 e. The minimum atomic E-state index is -0.455. The first-order valence-electron chi connectivity index (χ1n) is 5.49. The third-order valence-electron chi connectivity index (χ3n) is 2.75. The molecule has 0 bridgehead atoms. The number of hydrogen-bond acceptors (Lipinski definition) is 3. The minimum absolute atomic E-state index is 0.295. The second-order valence-corrected chi connectivity index (χ2v) is 4.04. The van der Waals surface area contributed by atoms with Gasteiger partial charge in [-0.3, -0.25) is 9.36 Å². The Kier molecular flexibility index (Phi) is 3.23. The molecule has 2 rings (SSSR count). The molecule has 5 nitrogen and oxygen atoms in total. The van der Waals surface area contributed by atoms with Crippen LogP contribution in [-0.2, 0) is 6.54 Å². The van der Waals surface area contributed by atoms with Gasteiger partial charge in [0.25, 0.3) is 0 Å². The van der Waals surface area contributed by atoms with E-state index in [1.165, 1.54) is 10.8 Å². The fraction of sp³-hybridized carbons (Fsp3) is 0.154. The molecule has 1 heterocycles. The van der Waals surface area contributed by atoms with Crippen molar-refractivity contribution in [3.8, 4) is 0 Å². The maximum Gasteiger partial charge on any atom is 0.347 e. The van der Waals surface area contributed by atoms with Gasteiger partial charge >= 0.3 is 5.69 Å². The van der Waals surface area contributed by atoms with Crippen molar-refractivity contribution in [2.75, 3.05) is 0 Å². The summed E-state index contributed by atoms with van der Waals surface area (Å²) in [4.78, 5) is 26.2. The summed E-state index contributed by atoms with van der Waals surface area (Å²) in [5.41, 5.74) is 7.25. The number of nitrogens with zero attached hydrogens (tertiary/aromatic N) is 2. The molecule has 0 radical (unpaired) electrons. The van der Waals surface area contributed by atoms with Gasteiger partial charge in [0.15, 0.2) is 0 Å². The van der Waals surface area contributed by atoms with Crippen LogP contribution in [0.1, 0.15) is 21.5 Å². The molecular weight excluding hydrogens is 230 g/mol. The molecule has 0 aliphatic rings. The van der Waals surface area contributed by atoms with Gasteiger partial charge < -0.3 is 5.73 Å². The van der Waals surface area contributed by atoms with E-state index in [0.717, 1.165) is 11.1 Å². The van der Waals surface area contributed by atoms with Crippen LogP contribution in [0.15, 0.2) is 41.5 Å². The lowest BCUT2D eigenvalue weighted by Gasteiger charge is -2.08. The second kappa shape index (κ2) is 4.83. The molecule has 1 aromatic heterocycles. The molecule has 0 aliphatic heterocycles. The summed E-state index contributed by atoms with van der Waals surface area (Å²) in [6.07, 6.45) is 3.14. The maximum atomic E-state index is 11.5. The van der Waals surface area contributed by atoms with Crippen LogP contribution in [0.4, 0.5) is 0 Å². The standard InChI is InChI=1S/C13H13N3O2/c1-9-7-10(12(14)17)3-4-11(9)8-16-6-2-5-15-13(16)18/h2-7H,8H2,1H3,(H2,14,17). The average Bonchev–Trinajstić information content (AvgIpc) is 2.34. The molecule has 0 fully saturated rings. The summed E-state index contributed by atoms with van der Waals surface area (Å²) in [5.74, 6) is -0.455. The lowest BCUT2D eigenvalue weighted by Crippen LogP contribution is -2.22. The van der Waals surface area contributed by atoms with E-state index in [9.17, 15) is 9.59 Å². The molecule has 92 valence electrons. The minimum Gasteiger partial charge on any atom is -0.366 e. The summed E-state index contributed by atoms with van der Waals surface area (Å²) < 4.78 is 1.51. The van der Waals surface area contributed by atoms with Crippen LogP contribution in [0.5, 0.6) is 0 Å². The Morgan fingerprint density at radius 2 is 2.22 bits per heavy atom. The number of carbonyl (C=O) groups is 1. The number of nitrogens with two attached hydrogens (primary N) is 1. The zero-order valence-corrected chi connectivity index (χ0v) is 9.96. The third kappa shape index (κ3) is 2.45. The van der Waals surface area contributed by atoms with Gasteiger partial charge in [-0.15, -0.1) is 0 Å². The zero-order valence-electron chi connectivity index (χ0n) is 9.96. The lowest BCUT2D eigenvalue weighted by atomic mass is 10.0. The Bertz CT molecular complexity index is 647. The van der Waals surface area contributed by atoms with E-state index in [1.54, 1.807) is 30.5 Å². The SMILES string of the molecule is Cc1cc(C(N)=O)ccc1Cn1cccnc1=O. The van der Waals surface area contributed by atoms with E-state index in [2.05, 4.69) is 4.98 Å². The van der Waals surface area contributed by atoms with Crippen molar-refractivity contribution in [2.45, 2.75) is 13.5 Å². The summed E-state index contributed by atoms with van der Waals surface area (Å²) in [6.45, 7) is 2.31. The molecule has 1 amide bonds. The fourth-order valence-electron chi connectivity index (χ4n) is 1.72. The lowest BCUT2D eigenvalue weighted by molar-refractivity contribution is 0.1000. The highest BCUT2D eigenvalue weighted by atomic mass is 16.1. The topological polar surface area (TPSA) is 78.0 Å². The quantitative estimate of drug-likeness (QED) is 0.861. The van der Waals surface area contributed by atoms with Crippen molar-refractivity contribution in [1.82, 2.24) is 9.55 Å². The molecule has 1 aromatic carbocycles. The monoisotopic (exact) mass is 243 g/mol. The summed E-state index contributed by atoms with van der Waals surface area (Å²) >= 11 is 0. The van der Waals surface area contributed by atoms with E-state index >= 15 is 0 Å². The molecule has 18 heavy (non-hydrogen) atoms. The second-order valence-electron chi connectivity index (χ2n) is 4.04. The Labute approximate surface area is 104 Å². The first kappa shape index (κ1) is 12.0. The number of benzene rings is 1. The number of aromatic nitrogens is 2. The molecule has 0 saturated carbocycles. The highest BCUT2D eigenvalue weighted by Gasteiger charge is 2.05. The number of aryl methyl sites for hydroxylation is 1. The summed E-state index contributed by atoms with van der Waals surface area (Å²) in [5, 5.41) is 0. The predicted octanol–water partition coefficient (Wildman–Crippen LogP) is 0.699. The van der Waals surface area contributed by atoms with E-state index in [4.69, 9.17) is 5.73 Å². The van der Waals surface area contributed by atoms with Gasteiger partial charge in [-0.2, -0.15) is 0 Å². The number of rotatable bonds is 3. The molecule has 0 unspecified atom stereocenters. The third-order valence-corrected chi connectivity index (χ3v) is 2.75. The van der Waals surface area contributed by atoms with Crippen molar-refractivity contribution in [3.63, 3.8) is 0 Å². The maximum absolute atomic E-state index is 11.5. The fourth-order valence-corrected chi connectivity index (χ4v) is 1.72. The number of amides is 1. The molecule has 0 aliphatic carbocycles. The van der Waals surface area contributed by atoms with Crippen LogP contribution in [0.3, 0.4) is 0 Å². The van der Waals surface area contributed by atoms with Crippen LogP contribution in [-0.4, -0.2) is 15.5 Å². The molecule has 0 atom stereocenters. The smallest absolute Gasteiger partial charge is 0.347 e. The van der Waals surface area contributed by atoms with Gasteiger partial charge in [0, 0.05) is 18.0 Å². The van der Waals surface area contributed by atoms with E-state index in [-0.39, 0.29) is 5.69 Å². The Balaban J connectivity index is 2.33. The van der Waals surface area contributed by atoms with Gasteiger partial charge in [0.2, 0.25) is 5.91 Å². The van der Waals surface area contributed by atoms with Crippen LogP contribution >= 0.6 is 0 Å². The molecular formula is C13H13N3O2. The predicted molar refractivity (Wildman–Crippen MR) is 67.3 cm³/mol. The first-order valence-corrected chi connectivity index (χ1v) is 5.49. The molecule has 2 N–H and O–H groups in total. The van der Waals surface area contributed by atoms with Gasteiger partial charge in [0.1, 0.15) is 0 Å². The number of primary amides is 1. The van der Waals surface area contributed by atoms with Crippen molar-refractivity contribution >= 4 is 5.91 Å². The average molecular weight is 243 g/mol. The van der Waals surface area contributed by atoms with Gasteiger partial charge in [-0.05, 0) is 36.2 Å². The van der Waals surface area contributed by atoms with E-state index in [0.29, 0.717) is 12.1 Å². The van der Waals surface area contributed by atoms with E-state index < -0.39 is 5.91 Å².